The molecule has 0 spiro atoms. The number of hydrogen-bond donors (Lipinski definition) is 3. The van der Waals surface area contributed by atoms with Gasteiger partial charge < -0.3 is 5.73 Å². The highest BCUT2D eigenvalue weighted by molar-refractivity contribution is 5.85. The molecule has 0 aromatic carbocycles. The van der Waals surface area contributed by atoms with E-state index in [-0.39, 0.29) is 5.91 Å². The van der Waals surface area contributed by atoms with Crippen molar-refractivity contribution >= 4 is 5.91 Å². The molecular weight excluding hydrogens is 142 g/mol. The number of rotatable bonds is 1. The van der Waals surface area contributed by atoms with Crippen molar-refractivity contribution in [1.29, 1.82) is 0 Å². The Bertz CT molecular complexity index is 190. The van der Waals surface area contributed by atoms with E-state index in [0.717, 1.165) is 25.8 Å². The highest BCUT2D eigenvalue weighted by Gasteiger charge is 2.46. The lowest BCUT2D eigenvalue weighted by Gasteiger charge is -2.31. The molecule has 1 aliphatic heterocycles. The molecule has 2 aliphatic rings. The first-order valence-corrected chi connectivity index (χ1v) is 4.03. The van der Waals surface area contributed by atoms with Crippen molar-refractivity contribution in [1.82, 2.24) is 10.9 Å². The van der Waals surface area contributed by atoms with Crippen molar-refractivity contribution in [2.24, 2.45) is 11.7 Å². The minimum Gasteiger partial charge on any atom is -0.368 e. The number of amides is 1. The van der Waals surface area contributed by atoms with E-state index in [1.807, 2.05) is 0 Å². The molecule has 2 atom stereocenters. The largest absolute Gasteiger partial charge is 0.368 e. The molecule has 2 unspecified atom stereocenters. The van der Waals surface area contributed by atoms with Crippen LogP contribution >= 0.6 is 0 Å². The summed E-state index contributed by atoms with van der Waals surface area (Å²) < 4.78 is 0. The van der Waals surface area contributed by atoms with Gasteiger partial charge in [-0.3, -0.25) is 10.2 Å². The second kappa shape index (κ2) is 2.19. The van der Waals surface area contributed by atoms with Crippen LogP contribution in [-0.2, 0) is 4.79 Å². The summed E-state index contributed by atoms with van der Waals surface area (Å²) >= 11 is 0. The molecule has 2 bridgehead atoms. The molecule has 4 heteroatoms. The zero-order chi connectivity index (χ0) is 7.90. The van der Waals surface area contributed by atoms with E-state index in [2.05, 4.69) is 10.9 Å². The summed E-state index contributed by atoms with van der Waals surface area (Å²) in [5.41, 5.74) is 10.9. The zero-order valence-electron chi connectivity index (χ0n) is 6.39. The van der Waals surface area contributed by atoms with Gasteiger partial charge in [-0.15, -0.1) is 0 Å². The fraction of sp³-hybridized carbons (Fsp3) is 0.857. The van der Waals surface area contributed by atoms with Gasteiger partial charge in [0, 0.05) is 6.54 Å². The fourth-order valence-electron chi connectivity index (χ4n) is 2.09. The lowest BCUT2D eigenvalue weighted by atomic mass is 9.94. The van der Waals surface area contributed by atoms with Crippen LogP contribution in [0, 0.1) is 5.92 Å². The Kier molecular flexibility index (Phi) is 1.40. The molecular formula is C7H13N3O. The van der Waals surface area contributed by atoms with Crippen LogP contribution in [0.15, 0.2) is 0 Å². The molecule has 4 N–H and O–H groups in total. The normalized spacial score (nSPS) is 42.4. The number of carbonyl (C=O) groups excluding carboxylic acids is 1. The summed E-state index contributed by atoms with van der Waals surface area (Å²) in [6.07, 6.45) is 2.91. The minimum atomic E-state index is -0.428. The topological polar surface area (TPSA) is 67.2 Å². The number of hydrogen-bond acceptors (Lipinski definition) is 3. The van der Waals surface area contributed by atoms with E-state index in [4.69, 9.17) is 5.73 Å². The highest BCUT2D eigenvalue weighted by Crippen LogP contribution is 2.35. The van der Waals surface area contributed by atoms with Crippen molar-refractivity contribution in [2.75, 3.05) is 6.54 Å². The molecule has 11 heavy (non-hydrogen) atoms. The number of hydrazine groups is 1. The maximum Gasteiger partial charge on any atom is 0.239 e. The van der Waals surface area contributed by atoms with Crippen LogP contribution in [-0.4, -0.2) is 18.0 Å². The Balaban J connectivity index is 2.19. The van der Waals surface area contributed by atoms with E-state index >= 15 is 0 Å². The zero-order valence-corrected chi connectivity index (χ0v) is 6.39. The van der Waals surface area contributed by atoms with Crippen molar-refractivity contribution in [3.05, 3.63) is 0 Å². The smallest absolute Gasteiger partial charge is 0.239 e. The fourth-order valence-corrected chi connectivity index (χ4v) is 2.09. The third-order valence-corrected chi connectivity index (χ3v) is 2.81. The molecule has 62 valence electrons. The SMILES string of the molecule is NC(=O)C12CCC(CNN1)C2. The minimum absolute atomic E-state index is 0.216. The van der Waals surface area contributed by atoms with Gasteiger partial charge in [-0.1, -0.05) is 0 Å². The van der Waals surface area contributed by atoms with Crippen LogP contribution in [0.25, 0.3) is 0 Å². The molecule has 2 fully saturated rings. The van der Waals surface area contributed by atoms with Crippen LogP contribution in [0.5, 0.6) is 0 Å². The number of nitrogens with one attached hydrogen (secondary N) is 2. The van der Waals surface area contributed by atoms with Gasteiger partial charge in [0.1, 0.15) is 5.54 Å². The van der Waals surface area contributed by atoms with Crippen LogP contribution in [0.3, 0.4) is 0 Å². The van der Waals surface area contributed by atoms with Crippen LogP contribution in [0.2, 0.25) is 0 Å². The quantitative estimate of drug-likeness (QED) is 0.460. The summed E-state index contributed by atoms with van der Waals surface area (Å²) in [4.78, 5) is 11.1. The van der Waals surface area contributed by atoms with Crippen LogP contribution < -0.4 is 16.6 Å². The third-order valence-electron chi connectivity index (χ3n) is 2.81. The second-order valence-electron chi connectivity index (χ2n) is 3.56. The summed E-state index contributed by atoms with van der Waals surface area (Å²) in [6.45, 7) is 0.967. The van der Waals surface area contributed by atoms with E-state index in [1.54, 1.807) is 0 Å². The Morgan fingerprint density at radius 2 is 2.45 bits per heavy atom. The second-order valence-corrected chi connectivity index (χ2v) is 3.56. The number of fused-ring (bicyclic) bond motifs is 2. The molecule has 2 rings (SSSR count). The van der Waals surface area contributed by atoms with Gasteiger partial charge in [-0.25, -0.2) is 5.43 Å². The van der Waals surface area contributed by atoms with E-state index in [9.17, 15) is 4.79 Å². The van der Waals surface area contributed by atoms with Crippen LogP contribution in [0.1, 0.15) is 19.3 Å². The third kappa shape index (κ3) is 0.937. The number of nitrogens with two attached hydrogens (primary N) is 1. The van der Waals surface area contributed by atoms with E-state index in [0.29, 0.717) is 5.92 Å². The first kappa shape index (κ1) is 7.06. The Hall–Kier alpha value is -0.610. The Morgan fingerprint density at radius 3 is 3.09 bits per heavy atom. The molecule has 1 aliphatic carbocycles. The Labute approximate surface area is 65.5 Å². The van der Waals surface area contributed by atoms with Gasteiger partial charge in [-0.05, 0) is 25.2 Å². The van der Waals surface area contributed by atoms with Gasteiger partial charge in [0.05, 0.1) is 0 Å². The van der Waals surface area contributed by atoms with Crippen molar-refractivity contribution in [2.45, 2.75) is 24.8 Å². The average molecular weight is 155 g/mol. The van der Waals surface area contributed by atoms with Gasteiger partial charge >= 0.3 is 0 Å². The van der Waals surface area contributed by atoms with Gasteiger partial charge in [-0.2, -0.15) is 0 Å². The van der Waals surface area contributed by atoms with Crippen molar-refractivity contribution in [3.63, 3.8) is 0 Å². The van der Waals surface area contributed by atoms with Crippen LogP contribution in [0.4, 0.5) is 0 Å². The summed E-state index contributed by atoms with van der Waals surface area (Å²) in [5.74, 6) is 0.427. The predicted molar refractivity (Wildman–Crippen MR) is 40.4 cm³/mol. The monoisotopic (exact) mass is 155 g/mol. The molecule has 0 radical (unpaired) electrons. The van der Waals surface area contributed by atoms with E-state index < -0.39 is 5.54 Å². The van der Waals surface area contributed by atoms with Gasteiger partial charge in [0.2, 0.25) is 5.91 Å². The van der Waals surface area contributed by atoms with Crippen molar-refractivity contribution in [3.8, 4) is 0 Å². The van der Waals surface area contributed by atoms with Gasteiger partial charge in [0.15, 0.2) is 0 Å². The average Bonchev–Trinajstić information content (AvgIpc) is 2.29. The lowest BCUT2D eigenvalue weighted by molar-refractivity contribution is -0.125. The Morgan fingerprint density at radius 1 is 1.64 bits per heavy atom. The number of carbonyl (C=O) groups is 1. The van der Waals surface area contributed by atoms with Crippen molar-refractivity contribution < 1.29 is 4.79 Å². The van der Waals surface area contributed by atoms with E-state index in [1.165, 1.54) is 0 Å². The maximum absolute atomic E-state index is 11.1. The summed E-state index contributed by atoms with van der Waals surface area (Å²) in [7, 11) is 0. The summed E-state index contributed by atoms with van der Waals surface area (Å²) in [6, 6.07) is 0. The lowest BCUT2D eigenvalue weighted by Crippen LogP contribution is -2.61. The molecule has 1 saturated heterocycles. The predicted octanol–water partition coefficient (Wildman–Crippen LogP) is -0.882. The molecule has 1 saturated carbocycles. The molecule has 0 aromatic heterocycles. The molecule has 4 nitrogen and oxygen atoms in total. The standard InChI is InChI=1S/C7H13N3O/c8-6(11)7-2-1-5(3-7)4-9-10-7/h5,9-10H,1-4H2,(H2,8,11). The number of primary amides is 1. The first-order chi connectivity index (χ1) is 5.23. The maximum atomic E-state index is 11.1. The highest BCUT2D eigenvalue weighted by atomic mass is 16.1. The molecule has 1 heterocycles. The van der Waals surface area contributed by atoms with Gasteiger partial charge in [0.25, 0.3) is 0 Å². The first-order valence-electron chi connectivity index (χ1n) is 4.03. The molecule has 0 aromatic rings. The summed E-state index contributed by atoms with van der Waals surface area (Å²) in [5, 5.41) is 0. The molecule has 1 amide bonds.